The van der Waals surface area contributed by atoms with Crippen LogP contribution in [-0.2, 0) is 5.75 Å². The fourth-order valence-electron chi connectivity index (χ4n) is 2.12. The molecule has 0 bridgehead atoms. The largest absolute Gasteiger partial charge is 0.355 e. The molecule has 1 nitrogen and oxygen atoms in total. The van der Waals surface area contributed by atoms with E-state index >= 15 is 0 Å². The molecule has 2 aromatic carbocycles. The van der Waals surface area contributed by atoms with Gasteiger partial charge >= 0.3 is 5.78 Å². The van der Waals surface area contributed by atoms with Crippen LogP contribution in [0, 0.1) is 6.92 Å². The highest BCUT2D eigenvalue weighted by atomic mass is 32.2. The van der Waals surface area contributed by atoms with Crippen LogP contribution in [0.2, 0.25) is 0 Å². The summed E-state index contributed by atoms with van der Waals surface area (Å²) in [6, 6.07) is 14.3. The van der Waals surface area contributed by atoms with E-state index in [-0.39, 0.29) is 0 Å². The van der Waals surface area contributed by atoms with Crippen LogP contribution in [0.4, 0.5) is 0 Å². The molecule has 0 saturated carbocycles. The van der Waals surface area contributed by atoms with Crippen LogP contribution in [0.1, 0.15) is 22.3 Å². The predicted octanol–water partition coefficient (Wildman–Crippen LogP) is 3.54. The van der Waals surface area contributed by atoms with Crippen LogP contribution in [0.15, 0.2) is 47.4 Å². The van der Waals surface area contributed by atoms with Crippen LogP contribution < -0.4 is 0 Å². The lowest BCUT2D eigenvalue weighted by molar-refractivity contribution is 0.677. The van der Waals surface area contributed by atoms with Crippen LogP contribution in [0.3, 0.4) is 0 Å². The van der Waals surface area contributed by atoms with E-state index in [9.17, 15) is 4.79 Å². The second-order valence-corrected chi connectivity index (χ2v) is 5.31. The summed E-state index contributed by atoms with van der Waals surface area (Å²) in [5.74, 6) is 1.32. The third-order valence-corrected chi connectivity index (χ3v) is 4.15. The highest BCUT2D eigenvalue weighted by Gasteiger charge is 2.25. The van der Waals surface area contributed by atoms with Gasteiger partial charge in [0.2, 0.25) is 0 Å². The molecule has 2 heteroatoms. The van der Waals surface area contributed by atoms with Gasteiger partial charge in [0.25, 0.3) is 0 Å². The van der Waals surface area contributed by atoms with Crippen LogP contribution >= 0.6 is 11.8 Å². The van der Waals surface area contributed by atoms with E-state index in [1.807, 2.05) is 30.3 Å². The maximum absolute atomic E-state index is 10.4. The summed E-state index contributed by atoms with van der Waals surface area (Å²) in [6.45, 7) is 2.08. The Morgan fingerprint density at radius 2 is 1.88 bits per heavy atom. The van der Waals surface area contributed by atoms with Crippen LogP contribution in [-0.4, -0.2) is 10.6 Å². The topological polar surface area (TPSA) is 21.4 Å². The maximum Gasteiger partial charge on any atom is 0.355 e. The second kappa shape index (κ2) is 4.04. The molecule has 0 spiro atoms. The Labute approximate surface area is 105 Å². The molecule has 1 aliphatic rings. The van der Waals surface area contributed by atoms with Crippen molar-refractivity contribution in [3.05, 3.63) is 64.7 Å². The van der Waals surface area contributed by atoms with Gasteiger partial charge in [-0.3, -0.25) is 4.79 Å². The zero-order valence-electron chi connectivity index (χ0n) is 9.60. The summed E-state index contributed by atoms with van der Waals surface area (Å²) in [5.41, 5.74) is 4.34. The summed E-state index contributed by atoms with van der Waals surface area (Å²) in [5, 5.41) is 0. The fraction of sp³-hybridized carbons (Fsp3) is 0.133. The molecule has 1 aliphatic heterocycles. The molecule has 0 unspecified atom stereocenters. The first-order valence-corrected chi connectivity index (χ1v) is 6.62. The minimum absolute atomic E-state index is 0.403. The minimum Gasteiger partial charge on any atom is -0.273 e. The number of rotatable bonds is 0. The Hall–Kier alpha value is -1.54. The fourth-order valence-corrected chi connectivity index (χ4v) is 3.27. The number of aryl methyl sites for hydroxylation is 1. The van der Waals surface area contributed by atoms with Crippen LogP contribution in [0.25, 0.3) is 0 Å². The van der Waals surface area contributed by atoms with Crippen molar-refractivity contribution in [3.8, 4) is 0 Å². The highest BCUT2D eigenvalue weighted by molar-refractivity contribution is 7.98. The smallest absolute Gasteiger partial charge is 0.273 e. The lowest BCUT2D eigenvalue weighted by atomic mass is 9.99. The van der Waals surface area contributed by atoms with Gasteiger partial charge in [0, 0.05) is 10.6 Å². The highest BCUT2D eigenvalue weighted by Crippen LogP contribution is 2.33. The van der Waals surface area contributed by atoms with E-state index in [1.54, 1.807) is 11.8 Å². The number of ketones is 1. The van der Waals surface area contributed by atoms with Gasteiger partial charge in [0.1, 0.15) is 0 Å². The Morgan fingerprint density at radius 1 is 1.06 bits per heavy atom. The molecule has 17 heavy (non-hydrogen) atoms. The quantitative estimate of drug-likeness (QED) is 0.646. The van der Waals surface area contributed by atoms with E-state index in [4.69, 9.17) is 0 Å². The molecular formula is C15H13OS+. The van der Waals surface area contributed by atoms with Crippen molar-refractivity contribution in [1.82, 2.24) is 0 Å². The number of thioether (sulfide) groups is 1. The Morgan fingerprint density at radius 3 is 2.76 bits per heavy atom. The van der Waals surface area contributed by atoms with E-state index in [1.165, 1.54) is 16.0 Å². The van der Waals surface area contributed by atoms with E-state index in [0.29, 0.717) is 5.78 Å². The summed E-state index contributed by atoms with van der Waals surface area (Å²) in [4.78, 5) is 11.6. The number of hydrogen-bond acceptors (Lipinski definition) is 1. The Bertz CT molecular complexity index is 602. The van der Waals surface area contributed by atoms with Crippen molar-refractivity contribution in [1.29, 1.82) is 0 Å². The van der Waals surface area contributed by atoms with Gasteiger partial charge in [-0.15, -0.1) is 11.8 Å². The number of carbonyl (C=O) groups excluding carboxylic acids is 1. The normalized spacial score (nSPS) is 13.8. The Kier molecular flexibility index (Phi) is 2.52. The lowest BCUT2D eigenvalue weighted by Crippen LogP contribution is -2.05. The molecule has 0 atom stereocenters. The van der Waals surface area contributed by atoms with Crippen molar-refractivity contribution >= 4 is 17.5 Å². The van der Waals surface area contributed by atoms with Crippen molar-refractivity contribution in [3.63, 3.8) is 0 Å². The molecular weight excluding hydrogens is 228 g/mol. The van der Waals surface area contributed by atoms with Crippen molar-refractivity contribution in [2.45, 2.75) is 17.6 Å². The summed E-state index contributed by atoms with van der Waals surface area (Å²) in [7, 11) is 0. The molecule has 1 heterocycles. The van der Waals surface area contributed by atoms with E-state index < -0.39 is 0 Å². The molecule has 0 radical (unpaired) electrons. The molecule has 84 valence electrons. The van der Waals surface area contributed by atoms with E-state index in [0.717, 1.165) is 16.9 Å². The van der Waals surface area contributed by atoms with Gasteiger partial charge in [0.05, 0.1) is 11.1 Å². The Balaban J connectivity index is 2.20. The summed E-state index contributed by atoms with van der Waals surface area (Å²) in [6.07, 6.45) is 0. The van der Waals surface area contributed by atoms with Gasteiger partial charge in [-0.2, -0.15) is 0 Å². The average Bonchev–Trinajstić information content (AvgIpc) is 2.48. The predicted molar refractivity (Wildman–Crippen MR) is 72.3 cm³/mol. The molecule has 0 fully saturated rings. The summed E-state index contributed by atoms with van der Waals surface area (Å²) >= 11 is 1.79. The van der Waals surface area contributed by atoms with Gasteiger partial charge in [0.15, 0.2) is 0 Å². The molecule has 2 aromatic rings. The second-order valence-electron chi connectivity index (χ2n) is 4.29. The maximum atomic E-state index is 10.4. The molecule has 0 aliphatic carbocycles. The molecule has 0 amide bonds. The zero-order valence-corrected chi connectivity index (χ0v) is 10.4. The van der Waals surface area contributed by atoms with Gasteiger partial charge < -0.3 is 0 Å². The van der Waals surface area contributed by atoms with Crippen molar-refractivity contribution in [2.75, 3.05) is 0 Å². The number of hydrogen-bond donors (Lipinski definition) is 0. The minimum atomic E-state index is 0.403. The standard InChI is InChI=1S/C15H12OS/c1-10-6-7-13-14(8-10)17-9-11-4-2-3-5-12(11)15(13)16/h2-8H,9H2,1H3/p+1. The molecule has 0 aromatic heterocycles. The third kappa shape index (κ3) is 1.79. The van der Waals surface area contributed by atoms with Gasteiger partial charge in [-0.25, -0.2) is 0 Å². The lowest BCUT2D eigenvalue weighted by Gasteiger charge is -2.01. The monoisotopic (exact) mass is 241 g/mol. The van der Waals surface area contributed by atoms with Crippen molar-refractivity contribution < 1.29 is 4.79 Å². The average molecular weight is 241 g/mol. The van der Waals surface area contributed by atoms with Gasteiger partial charge in [-0.1, -0.05) is 24.3 Å². The van der Waals surface area contributed by atoms with Crippen molar-refractivity contribution in [2.24, 2.45) is 0 Å². The molecule has 0 saturated heterocycles. The first-order valence-electron chi connectivity index (χ1n) is 5.64. The van der Waals surface area contributed by atoms with Crippen LogP contribution in [0.5, 0.6) is 0 Å². The zero-order chi connectivity index (χ0) is 11.8. The first kappa shape index (κ1) is 10.6. The molecule has 1 N–H and O–H groups in total. The van der Waals surface area contributed by atoms with Gasteiger partial charge in [-0.05, 0) is 36.2 Å². The first-order chi connectivity index (χ1) is 8.25. The third-order valence-electron chi connectivity index (χ3n) is 3.05. The number of benzene rings is 2. The summed E-state index contributed by atoms with van der Waals surface area (Å²) < 4.78 is 0. The molecule has 3 rings (SSSR count). The number of fused-ring (bicyclic) bond motifs is 2. The van der Waals surface area contributed by atoms with E-state index in [2.05, 4.69) is 19.1 Å². The SMILES string of the molecule is Cc1ccc2c(c1)SCc1ccccc1C2=[OH+].